The highest BCUT2D eigenvalue weighted by molar-refractivity contribution is 5.99. The third-order valence-electron chi connectivity index (χ3n) is 2.54. The maximum atomic E-state index is 11.2. The summed E-state index contributed by atoms with van der Waals surface area (Å²) in [7, 11) is 0. The van der Waals surface area contributed by atoms with E-state index in [-0.39, 0.29) is 5.78 Å². The quantitative estimate of drug-likeness (QED) is 0.638. The number of oxazole rings is 1. The van der Waals surface area contributed by atoms with Crippen LogP contribution >= 0.6 is 0 Å². The number of carbonyl (C=O) groups excluding carboxylic acids is 1. The molecule has 0 unspecified atom stereocenters. The second kappa shape index (κ2) is 4.91. The number of nitrogen functional groups attached to an aromatic ring is 1. The second-order valence-electron chi connectivity index (χ2n) is 4.08. The summed E-state index contributed by atoms with van der Waals surface area (Å²) in [4.78, 5) is 15.3. The molecule has 5 heteroatoms. The third-order valence-corrected chi connectivity index (χ3v) is 2.54. The lowest BCUT2D eigenvalue weighted by atomic mass is 10.1. The molecule has 3 N–H and O–H groups in total. The van der Waals surface area contributed by atoms with E-state index in [1.807, 2.05) is 13.0 Å². The zero-order valence-electron chi connectivity index (χ0n) is 10.4. The van der Waals surface area contributed by atoms with Crippen LogP contribution in [0.4, 0.5) is 11.4 Å². The van der Waals surface area contributed by atoms with E-state index in [9.17, 15) is 4.79 Å². The summed E-state index contributed by atoms with van der Waals surface area (Å²) in [5.74, 6) is 1.35. The lowest BCUT2D eigenvalue weighted by Gasteiger charge is -2.07. The van der Waals surface area contributed by atoms with Gasteiger partial charge in [0.2, 0.25) is 5.89 Å². The number of carbonyl (C=O) groups is 1. The van der Waals surface area contributed by atoms with Crippen molar-refractivity contribution in [2.45, 2.75) is 20.4 Å². The van der Waals surface area contributed by atoms with E-state index < -0.39 is 0 Å². The summed E-state index contributed by atoms with van der Waals surface area (Å²) in [6.45, 7) is 3.82. The number of nitrogens with two attached hydrogens (primary N) is 1. The van der Waals surface area contributed by atoms with Crippen molar-refractivity contribution in [1.29, 1.82) is 0 Å². The van der Waals surface area contributed by atoms with Crippen molar-refractivity contribution in [3.8, 4) is 0 Å². The van der Waals surface area contributed by atoms with Crippen molar-refractivity contribution >= 4 is 17.2 Å². The van der Waals surface area contributed by atoms with Gasteiger partial charge >= 0.3 is 0 Å². The number of nitrogens with zero attached hydrogens (tertiary/aromatic N) is 1. The fourth-order valence-corrected chi connectivity index (χ4v) is 1.65. The first-order chi connectivity index (χ1) is 8.56. The molecule has 1 heterocycles. The van der Waals surface area contributed by atoms with E-state index >= 15 is 0 Å². The third kappa shape index (κ3) is 2.68. The van der Waals surface area contributed by atoms with Crippen LogP contribution in [0.2, 0.25) is 0 Å². The van der Waals surface area contributed by atoms with Gasteiger partial charge in [0, 0.05) is 16.9 Å². The highest BCUT2D eigenvalue weighted by Crippen LogP contribution is 2.19. The smallest absolute Gasteiger partial charge is 0.213 e. The largest absolute Gasteiger partial charge is 0.444 e. The molecule has 2 aromatic rings. The minimum atomic E-state index is -0.0395. The Balaban J connectivity index is 2.06. The molecule has 0 bridgehead atoms. The van der Waals surface area contributed by atoms with Gasteiger partial charge in [0.25, 0.3) is 0 Å². The zero-order chi connectivity index (χ0) is 13.1. The average molecular weight is 245 g/mol. The van der Waals surface area contributed by atoms with Crippen LogP contribution in [0.1, 0.15) is 28.9 Å². The maximum Gasteiger partial charge on any atom is 0.213 e. The molecular formula is C13H15N3O2. The van der Waals surface area contributed by atoms with E-state index in [2.05, 4.69) is 10.3 Å². The molecule has 0 atom stereocenters. The van der Waals surface area contributed by atoms with Crippen LogP contribution in [0.5, 0.6) is 0 Å². The fourth-order valence-electron chi connectivity index (χ4n) is 1.65. The van der Waals surface area contributed by atoms with Gasteiger partial charge < -0.3 is 15.5 Å². The Morgan fingerprint density at radius 3 is 2.83 bits per heavy atom. The Morgan fingerprint density at radius 1 is 1.50 bits per heavy atom. The number of ketones is 1. The molecule has 0 fully saturated rings. The van der Waals surface area contributed by atoms with Crippen LogP contribution in [-0.2, 0) is 6.54 Å². The summed E-state index contributed by atoms with van der Waals surface area (Å²) >= 11 is 0. The van der Waals surface area contributed by atoms with Gasteiger partial charge in [-0.2, -0.15) is 0 Å². The van der Waals surface area contributed by atoms with E-state index in [0.29, 0.717) is 23.7 Å². The second-order valence-corrected chi connectivity index (χ2v) is 4.08. The molecule has 2 rings (SSSR count). The first-order valence-corrected chi connectivity index (χ1v) is 5.62. The van der Waals surface area contributed by atoms with Crippen LogP contribution in [0, 0.1) is 6.92 Å². The van der Waals surface area contributed by atoms with E-state index in [1.165, 1.54) is 6.92 Å². The van der Waals surface area contributed by atoms with E-state index in [4.69, 9.17) is 10.2 Å². The Hall–Kier alpha value is -2.30. The molecule has 94 valence electrons. The summed E-state index contributed by atoms with van der Waals surface area (Å²) in [5, 5.41) is 3.13. The number of benzene rings is 1. The van der Waals surface area contributed by atoms with E-state index in [1.54, 1.807) is 18.3 Å². The van der Waals surface area contributed by atoms with Gasteiger partial charge in [0.1, 0.15) is 5.76 Å². The van der Waals surface area contributed by atoms with Crippen molar-refractivity contribution in [1.82, 2.24) is 4.98 Å². The number of hydrogen-bond acceptors (Lipinski definition) is 5. The van der Waals surface area contributed by atoms with E-state index in [0.717, 1.165) is 11.4 Å². The maximum absolute atomic E-state index is 11.2. The molecule has 0 aliphatic heterocycles. The van der Waals surface area contributed by atoms with Crippen molar-refractivity contribution in [2.75, 3.05) is 11.1 Å². The van der Waals surface area contributed by atoms with Crippen LogP contribution in [0.15, 0.2) is 28.8 Å². The molecule has 0 amide bonds. The molecular weight excluding hydrogens is 230 g/mol. The summed E-state index contributed by atoms with van der Waals surface area (Å²) < 4.78 is 5.34. The Bertz CT molecular complexity index is 575. The van der Waals surface area contributed by atoms with Crippen molar-refractivity contribution in [2.24, 2.45) is 0 Å². The zero-order valence-corrected chi connectivity index (χ0v) is 10.4. The number of rotatable bonds is 4. The van der Waals surface area contributed by atoms with Crippen LogP contribution in [0.25, 0.3) is 0 Å². The molecule has 0 aliphatic rings. The Kier molecular flexibility index (Phi) is 3.32. The molecule has 0 aliphatic carbocycles. The molecule has 1 aromatic carbocycles. The Morgan fingerprint density at radius 2 is 2.28 bits per heavy atom. The standard InChI is InChI=1S/C13H15N3O2/c1-8-6-16-13(18-8)7-15-10-3-4-11(9(2)17)12(14)5-10/h3-6,15H,7,14H2,1-2H3. The van der Waals surface area contributed by atoms with Gasteiger partial charge in [-0.05, 0) is 32.0 Å². The number of hydrogen-bond donors (Lipinski definition) is 2. The van der Waals surface area contributed by atoms with Gasteiger partial charge in [0.15, 0.2) is 5.78 Å². The minimum absolute atomic E-state index is 0.0395. The van der Waals surface area contributed by atoms with Gasteiger partial charge in [-0.15, -0.1) is 0 Å². The molecule has 0 saturated heterocycles. The number of aryl methyl sites for hydroxylation is 1. The predicted molar refractivity (Wildman–Crippen MR) is 69.4 cm³/mol. The molecule has 0 saturated carbocycles. The lowest BCUT2D eigenvalue weighted by molar-refractivity contribution is 0.101. The highest BCUT2D eigenvalue weighted by Gasteiger charge is 2.06. The molecule has 5 nitrogen and oxygen atoms in total. The first kappa shape index (κ1) is 12.2. The number of Topliss-reactive ketones (excluding diaryl/α,β-unsaturated/α-hetero) is 1. The van der Waals surface area contributed by atoms with Gasteiger partial charge in [-0.1, -0.05) is 0 Å². The fraction of sp³-hybridized carbons (Fsp3) is 0.231. The normalized spacial score (nSPS) is 10.3. The van der Waals surface area contributed by atoms with Crippen LogP contribution in [0.3, 0.4) is 0 Å². The number of anilines is 2. The van der Waals surface area contributed by atoms with Gasteiger partial charge in [-0.3, -0.25) is 4.79 Å². The monoisotopic (exact) mass is 245 g/mol. The highest BCUT2D eigenvalue weighted by atomic mass is 16.4. The summed E-state index contributed by atoms with van der Waals surface area (Å²) in [5.41, 5.74) is 7.63. The summed E-state index contributed by atoms with van der Waals surface area (Å²) in [6.07, 6.45) is 1.67. The molecule has 1 aromatic heterocycles. The topological polar surface area (TPSA) is 81.2 Å². The Labute approximate surface area is 105 Å². The van der Waals surface area contributed by atoms with Crippen LogP contribution in [-0.4, -0.2) is 10.8 Å². The average Bonchev–Trinajstić information content (AvgIpc) is 2.72. The van der Waals surface area contributed by atoms with Gasteiger partial charge in [0.05, 0.1) is 12.7 Å². The van der Waals surface area contributed by atoms with Crippen molar-refractivity contribution in [3.63, 3.8) is 0 Å². The molecule has 0 radical (unpaired) electrons. The minimum Gasteiger partial charge on any atom is -0.444 e. The van der Waals surface area contributed by atoms with Crippen molar-refractivity contribution in [3.05, 3.63) is 41.6 Å². The summed E-state index contributed by atoms with van der Waals surface area (Å²) in [6, 6.07) is 5.25. The van der Waals surface area contributed by atoms with Crippen LogP contribution < -0.4 is 11.1 Å². The number of aromatic nitrogens is 1. The molecule has 18 heavy (non-hydrogen) atoms. The van der Waals surface area contributed by atoms with Crippen molar-refractivity contribution < 1.29 is 9.21 Å². The SMILES string of the molecule is CC(=O)c1ccc(NCc2ncc(C)o2)cc1N. The lowest BCUT2D eigenvalue weighted by Crippen LogP contribution is -2.03. The molecule has 0 spiro atoms. The first-order valence-electron chi connectivity index (χ1n) is 5.62. The number of nitrogens with one attached hydrogen (secondary N) is 1. The van der Waals surface area contributed by atoms with Gasteiger partial charge in [-0.25, -0.2) is 4.98 Å². The predicted octanol–water partition coefficient (Wildman–Crippen LogP) is 2.38.